The van der Waals surface area contributed by atoms with Crippen molar-refractivity contribution in [3.8, 4) is 0 Å². The fourth-order valence-electron chi connectivity index (χ4n) is 1.85. The van der Waals surface area contributed by atoms with Crippen molar-refractivity contribution in [3.63, 3.8) is 0 Å². The molecule has 0 aliphatic heterocycles. The van der Waals surface area contributed by atoms with Crippen LogP contribution in [0.25, 0.3) is 0 Å². The lowest BCUT2D eigenvalue weighted by Crippen LogP contribution is -2.26. The monoisotopic (exact) mass is 313 g/mol. The van der Waals surface area contributed by atoms with E-state index < -0.39 is 0 Å². The van der Waals surface area contributed by atoms with Crippen molar-refractivity contribution in [3.05, 3.63) is 59.5 Å². The van der Waals surface area contributed by atoms with Gasteiger partial charge in [-0.15, -0.1) is 0 Å². The van der Waals surface area contributed by atoms with Gasteiger partial charge in [-0.05, 0) is 38.1 Å². The SMILES string of the molecule is C/C(CC(=O)NCc1ccco1)=N\NC(=O)c1ccc(C)cc1. The first kappa shape index (κ1) is 16.5. The number of hydrogen-bond acceptors (Lipinski definition) is 4. The molecule has 0 fully saturated rings. The van der Waals surface area contributed by atoms with Crippen LogP contribution in [0.5, 0.6) is 0 Å². The van der Waals surface area contributed by atoms with Gasteiger partial charge in [0, 0.05) is 11.3 Å². The molecule has 6 heteroatoms. The Morgan fingerprint density at radius 2 is 1.91 bits per heavy atom. The van der Waals surface area contributed by atoms with E-state index in [4.69, 9.17) is 4.42 Å². The maximum atomic E-state index is 11.9. The number of carbonyl (C=O) groups excluding carboxylic acids is 2. The molecular formula is C17H19N3O3. The third-order valence-electron chi connectivity index (χ3n) is 3.12. The first-order valence-corrected chi connectivity index (χ1v) is 7.24. The molecule has 0 unspecified atom stereocenters. The number of hydrazone groups is 1. The number of nitrogens with one attached hydrogen (secondary N) is 2. The van der Waals surface area contributed by atoms with Gasteiger partial charge in [0.15, 0.2) is 0 Å². The van der Waals surface area contributed by atoms with E-state index in [1.54, 1.807) is 37.5 Å². The summed E-state index contributed by atoms with van der Waals surface area (Å²) in [6, 6.07) is 10.7. The zero-order valence-corrected chi connectivity index (χ0v) is 13.1. The van der Waals surface area contributed by atoms with Gasteiger partial charge in [-0.3, -0.25) is 9.59 Å². The summed E-state index contributed by atoms with van der Waals surface area (Å²) in [5.41, 5.74) is 4.56. The number of nitrogens with zero attached hydrogens (tertiary/aromatic N) is 1. The van der Waals surface area contributed by atoms with Crippen LogP contribution in [0.4, 0.5) is 0 Å². The highest BCUT2D eigenvalue weighted by Crippen LogP contribution is 2.03. The zero-order chi connectivity index (χ0) is 16.7. The van der Waals surface area contributed by atoms with E-state index in [1.165, 1.54) is 0 Å². The standard InChI is InChI=1S/C17H19N3O3/c1-12-5-7-14(8-6-12)17(22)20-19-13(2)10-16(21)18-11-15-4-3-9-23-15/h3-9H,10-11H2,1-2H3,(H,18,21)(H,20,22)/b19-13+. The van der Waals surface area contributed by atoms with Crippen molar-refractivity contribution in [2.75, 3.05) is 0 Å². The summed E-state index contributed by atoms with van der Waals surface area (Å²) in [7, 11) is 0. The third kappa shape index (κ3) is 5.43. The Kier molecular flexibility index (Phi) is 5.68. The first-order valence-electron chi connectivity index (χ1n) is 7.24. The maximum absolute atomic E-state index is 11.9. The van der Waals surface area contributed by atoms with Gasteiger partial charge in [-0.25, -0.2) is 5.43 Å². The van der Waals surface area contributed by atoms with Crippen LogP contribution in [-0.2, 0) is 11.3 Å². The van der Waals surface area contributed by atoms with Gasteiger partial charge in [0.25, 0.3) is 5.91 Å². The second-order valence-corrected chi connectivity index (χ2v) is 5.19. The topological polar surface area (TPSA) is 83.7 Å². The molecule has 1 aromatic heterocycles. The van der Waals surface area contributed by atoms with Gasteiger partial charge in [0.2, 0.25) is 5.91 Å². The summed E-state index contributed by atoms with van der Waals surface area (Å²) < 4.78 is 5.12. The fraction of sp³-hybridized carbons (Fsp3) is 0.235. The van der Waals surface area contributed by atoms with Crippen molar-refractivity contribution in [2.24, 2.45) is 5.10 Å². The highest BCUT2D eigenvalue weighted by molar-refractivity contribution is 6.01. The van der Waals surface area contributed by atoms with Crippen molar-refractivity contribution in [1.29, 1.82) is 0 Å². The second kappa shape index (κ2) is 7.93. The smallest absolute Gasteiger partial charge is 0.271 e. The molecule has 23 heavy (non-hydrogen) atoms. The molecule has 6 nitrogen and oxygen atoms in total. The predicted molar refractivity (Wildman–Crippen MR) is 86.9 cm³/mol. The van der Waals surface area contributed by atoms with Crippen LogP contribution in [0.15, 0.2) is 52.2 Å². The molecular weight excluding hydrogens is 294 g/mol. The highest BCUT2D eigenvalue weighted by atomic mass is 16.3. The van der Waals surface area contributed by atoms with E-state index in [9.17, 15) is 9.59 Å². The van der Waals surface area contributed by atoms with Gasteiger partial charge in [0.1, 0.15) is 5.76 Å². The lowest BCUT2D eigenvalue weighted by Gasteiger charge is -2.04. The van der Waals surface area contributed by atoms with Crippen LogP contribution in [-0.4, -0.2) is 17.5 Å². The number of hydrogen-bond donors (Lipinski definition) is 2. The number of carbonyl (C=O) groups is 2. The fourth-order valence-corrected chi connectivity index (χ4v) is 1.85. The molecule has 2 amide bonds. The van der Waals surface area contributed by atoms with Gasteiger partial charge >= 0.3 is 0 Å². The van der Waals surface area contributed by atoms with Gasteiger partial charge in [-0.2, -0.15) is 5.10 Å². The molecule has 0 saturated heterocycles. The summed E-state index contributed by atoms with van der Waals surface area (Å²) in [5, 5.41) is 6.66. The van der Waals surface area contributed by atoms with Crippen molar-refractivity contribution < 1.29 is 14.0 Å². The van der Waals surface area contributed by atoms with E-state index in [1.807, 2.05) is 19.1 Å². The second-order valence-electron chi connectivity index (χ2n) is 5.19. The van der Waals surface area contributed by atoms with Crippen LogP contribution in [0, 0.1) is 6.92 Å². The minimum atomic E-state index is -0.305. The lowest BCUT2D eigenvalue weighted by molar-refractivity contribution is -0.120. The molecule has 2 aromatic rings. The van der Waals surface area contributed by atoms with Gasteiger partial charge in [-0.1, -0.05) is 17.7 Å². The maximum Gasteiger partial charge on any atom is 0.271 e. The largest absolute Gasteiger partial charge is 0.467 e. The molecule has 0 spiro atoms. The zero-order valence-electron chi connectivity index (χ0n) is 13.1. The Morgan fingerprint density at radius 3 is 2.57 bits per heavy atom. The van der Waals surface area contributed by atoms with Gasteiger partial charge < -0.3 is 9.73 Å². The molecule has 120 valence electrons. The molecule has 0 radical (unpaired) electrons. The molecule has 0 aliphatic rings. The number of rotatable bonds is 6. The highest BCUT2D eigenvalue weighted by Gasteiger charge is 2.07. The molecule has 2 rings (SSSR count). The molecule has 1 aromatic carbocycles. The molecule has 0 bridgehead atoms. The Labute approximate surface area is 134 Å². The Hall–Kier alpha value is -2.89. The Balaban J connectivity index is 1.79. The van der Waals surface area contributed by atoms with Crippen LogP contribution < -0.4 is 10.7 Å². The summed E-state index contributed by atoms with van der Waals surface area (Å²) in [6.07, 6.45) is 1.66. The Morgan fingerprint density at radius 1 is 1.17 bits per heavy atom. The van der Waals surface area contributed by atoms with Crippen LogP contribution in [0.3, 0.4) is 0 Å². The summed E-state index contributed by atoms with van der Waals surface area (Å²) in [5.74, 6) is 0.188. The first-order chi connectivity index (χ1) is 11.0. The summed E-state index contributed by atoms with van der Waals surface area (Å²) in [6.45, 7) is 3.96. The average Bonchev–Trinajstić information content (AvgIpc) is 3.05. The van der Waals surface area contributed by atoms with E-state index in [0.29, 0.717) is 23.6 Å². The van der Waals surface area contributed by atoms with E-state index in [2.05, 4.69) is 15.8 Å². The van der Waals surface area contributed by atoms with Crippen LogP contribution in [0.1, 0.15) is 35.0 Å². The number of aryl methyl sites for hydroxylation is 1. The van der Waals surface area contributed by atoms with Crippen molar-refractivity contribution in [2.45, 2.75) is 26.8 Å². The molecule has 1 heterocycles. The number of furan rings is 1. The van der Waals surface area contributed by atoms with Crippen LogP contribution >= 0.6 is 0 Å². The minimum absolute atomic E-state index is 0.106. The van der Waals surface area contributed by atoms with Gasteiger partial charge in [0.05, 0.1) is 19.2 Å². The molecule has 0 atom stereocenters. The molecule has 0 saturated carbocycles. The van der Waals surface area contributed by atoms with Crippen LogP contribution in [0.2, 0.25) is 0 Å². The number of amides is 2. The van der Waals surface area contributed by atoms with Crippen molar-refractivity contribution >= 4 is 17.5 Å². The summed E-state index contributed by atoms with van der Waals surface area (Å²) in [4.78, 5) is 23.7. The quantitative estimate of drug-likeness (QED) is 0.634. The minimum Gasteiger partial charge on any atom is -0.467 e. The Bertz CT molecular complexity index is 688. The summed E-state index contributed by atoms with van der Waals surface area (Å²) >= 11 is 0. The van der Waals surface area contributed by atoms with E-state index in [-0.39, 0.29) is 18.2 Å². The average molecular weight is 313 g/mol. The van der Waals surface area contributed by atoms with E-state index >= 15 is 0 Å². The molecule has 0 aliphatic carbocycles. The van der Waals surface area contributed by atoms with E-state index in [0.717, 1.165) is 5.56 Å². The lowest BCUT2D eigenvalue weighted by atomic mass is 10.1. The third-order valence-corrected chi connectivity index (χ3v) is 3.12. The van der Waals surface area contributed by atoms with Crippen molar-refractivity contribution in [1.82, 2.24) is 10.7 Å². The number of benzene rings is 1. The normalized spacial score (nSPS) is 11.1. The predicted octanol–water partition coefficient (Wildman–Crippen LogP) is 2.40. The molecule has 2 N–H and O–H groups in total.